The summed E-state index contributed by atoms with van der Waals surface area (Å²) in [5.41, 5.74) is 3.59. The van der Waals surface area contributed by atoms with Crippen molar-refractivity contribution in [1.29, 1.82) is 0 Å². The average molecular weight is 474 g/mol. The number of benzene rings is 2. The second-order valence-corrected chi connectivity index (χ2v) is 9.18. The highest BCUT2D eigenvalue weighted by molar-refractivity contribution is 6.40. The van der Waals surface area contributed by atoms with Crippen molar-refractivity contribution in [2.45, 2.75) is 65.3 Å². The predicted octanol–water partition coefficient (Wildman–Crippen LogP) is 7.33. The van der Waals surface area contributed by atoms with Gasteiger partial charge in [-0.2, -0.15) is 5.10 Å². The zero-order valence-electron chi connectivity index (χ0n) is 19.2. The van der Waals surface area contributed by atoms with Gasteiger partial charge in [0.1, 0.15) is 5.71 Å². The average Bonchev–Trinajstić information content (AvgIpc) is 3.25. The summed E-state index contributed by atoms with van der Waals surface area (Å²) in [6, 6.07) is 13.6. The van der Waals surface area contributed by atoms with Gasteiger partial charge in [-0.3, -0.25) is 9.80 Å². The van der Waals surface area contributed by atoms with Gasteiger partial charge in [-0.15, -0.1) is 0 Å². The number of hydrogen-bond acceptors (Lipinski definition) is 3. The maximum atomic E-state index is 12.9. The lowest BCUT2D eigenvalue weighted by molar-refractivity contribution is -0.115. The zero-order valence-corrected chi connectivity index (χ0v) is 20.7. The fraction of sp³-hybridized carbons (Fsp3) is 0.462. The lowest BCUT2D eigenvalue weighted by Gasteiger charge is -2.25. The Morgan fingerprint density at radius 3 is 2.41 bits per heavy atom. The first-order valence-electron chi connectivity index (χ1n) is 11.7. The Kier molecular flexibility index (Phi) is 9.01. The number of carbonyl (C=O) groups is 1. The smallest absolute Gasteiger partial charge is 0.267 e. The van der Waals surface area contributed by atoms with Crippen molar-refractivity contribution in [3.8, 4) is 0 Å². The number of hydrogen-bond donors (Lipinski definition) is 1. The van der Waals surface area contributed by atoms with Crippen LogP contribution in [-0.2, 0) is 4.79 Å². The molecular weight excluding hydrogens is 441 g/mol. The number of carbonyl (C=O) groups excluding carboxylic acids is 1. The van der Waals surface area contributed by atoms with Crippen LogP contribution >= 0.6 is 23.2 Å². The van der Waals surface area contributed by atoms with Gasteiger partial charge >= 0.3 is 0 Å². The highest BCUT2D eigenvalue weighted by Crippen LogP contribution is 2.39. The Labute approximate surface area is 202 Å². The Morgan fingerprint density at radius 2 is 1.75 bits per heavy atom. The number of rotatable bonds is 5. The summed E-state index contributed by atoms with van der Waals surface area (Å²) in [5, 5.41) is 10.8. The Morgan fingerprint density at radius 1 is 1.06 bits per heavy atom. The molecule has 1 atom stereocenters. The van der Waals surface area contributed by atoms with E-state index in [1.807, 2.05) is 24.9 Å². The summed E-state index contributed by atoms with van der Waals surface area (Å²) in [6.07, 6.45) is 6.78. The van der Waals surface area contributed by atoms with Crippen molar-refractivity contribution < 1.29 is 4.79 Å². The molecule has 0 bridgehead atoms. The molecule has 0 saturated heterocycles. The lowest BCUT2D eigenvalue weighted by atomic mass is 9.89. The van der Waals surface area contributed by atoms with Gasteiger partial charge in [-0.25, -0.2) is 0 Å². The molecule has 2 aromatic carbocycles. The summed E-state index contributed by atoms with van der Waals surface area (Å²) >= 11 is 12.6. The second-order valence-electron chi connectivity index (χ2n) is 8.33. The van der Waals surface area contributed by atoms with Crippen molar-refractivity contribution in [2.75, 3.05) is 11.6 Å². The van der Waals surface area contributed by atoms with Crippen LogP contribution in [0.2, 0.25) is 10.0 Å². The van der Waals surface area contributed by atoms with E-state index in [2.05, 4.69) is 36.5 Å². The van der Waals surface area contributed by atoms with Crippen LogP contribution in [0.15, 0.2) is 47.6 Å². The zero-order chi connectivity index (χ0) is 23.1. The molecule has 0 aromatic heterocycles. The van der Waals surface area contributed by atoms with E-state index >= 15 is 0 Å². The van der Waals surface area contributed by atoms with Crippen LogP contribution in [0.1, 0.15) is 69.5 Å². The van der Waals surface area contributed by atoms with E-state index in [0.29, 0.717) is 28.1 Å². The Hall–Kier alpha value is -2.04. The summed E-state index contributed by atoms with van der Waals surface area (Å²) < 4.78 is 0. The minimum absolute atomic E-state index is 0.0785. The number of nitrogens with one attached hydrogen (secondary N) is 1. The van der Waals surface area contributed by atoms with Crippen LogP contribution in [-0.4, -0.2) is 18.2 Å². The molecule has 4 nitrogen and oxygen atoms in total. The van der Waals surface area contributed by atoms with Crippen LogP contribution in [0.25, 0.3) is 0 Å². The van der Waals surface area contributed by atoms with Crippen molar-refractivity contribution >= 4 is 40.5 Å². The number of halogens is 2. The molecule has 2 aliphatic rings. The number of anilines is 1. The molecule has 0 radical (unpaired) electrons. The molecule has 32 heavy (non-hydrogen) atoms. The van der Waals surface area contributed by atoms with Crippen LogP contribution in [0, 0.1) is 12.8 Å². The van der Waals surface area contributed by atoms with Crippen LogP contribution in [0.5, 0.6) is 0 Å². The van der Waals surface area contributed by atoms with Crippen molar-refractivity contribution in [1.82, 2.24) is 5.32 Å². The maximum absolute atomic E-state index is 12.9. The first-order chi connectivity index (χ1) is 15.5. The van der Waals surface area contributed by atoms with Gasteiger partial charge in [0.25, 0.3) is 5.91 Å². The highest BCUT2D eigenvalue weighted by atomic mass is 35.5. The summed E-state index contributed by atoms with van der Waals surface area (Å²) in [4.78, 5) is 12.9. The molecule has 1 amide bonds. The molecule has 6 heteroatoms. The van der Waals surface area contributed by atoms with E-state index in [1.54, 1.807) is 12.1 Å². The molecule has 1 N–H and O–H groups in total. The number of hydrazone groups is 1. The molecule has 1 fully saturated rings. The normalized spacial score (nSPS) is 18.6. The molecule has 172 valence electrons. The largest absolute Gasteiger partial charge is 0.351 e. The number of aryl methyl sites for hydroxylation is 1. The van der Waals surface area contributed by atoms with E-state index < -0.39 is 0 Å². The van der Waals surface area contributed by atoms with Gasteiger partial charge in [-0.05, 0) is 49.4 Å². The van der Waals surface area contributed by atoms with E-state index in [9.17, 15) is 4.79 Å². The number of nitrogens with zero attached hydrogens (tertiary/aromatic N) is 2. The van der Waals surface area contributed by atoms with E-state index in [0.717, 1.165) is 17.8 Å². The van der Waals surface area contributed by atoms with Gasteiger partial charge in [0.2, 0.25) is 0 Å². The van der Waals surface area contributed by atoms with Gasteiger partial charge in [0, 0.05) is 18.0 Å². The summed E-state index contributed by atoms with van der Waals surface area (Å²) in [7, 11) is 0. The molecule has 1 heterocycles. The summed E-state index contributed by atoms with van der Waals surface area (Å²) in [5.74, 6) is 0.504. The SMILES string of the molecule is CC.Cc1ccc(C2CC(C(=O)NCC3CCCCC3)=NN2c2ccc(Cl)cc2Cl)cc1. The van der Waals surface area contributed by atoms with Gasteiger partial charge in [-0.1, -0.05) is 86.1 Å². The van der Waals surface area contributed by atoms with Crippen molar-refractivity contribution in [3.05, 3.63) is 63.6 Å². The summed E-state index contributed by atoms with van der Waals surface area (Å²) in [6.45, 7) is 6.79. The quantitative estimate of drug-likeness (QED) is 0.493. The molecule has 4 rings (SSSR count). The Bertz CT molecular complexity index is 937. The topological polar surface area (TPSA) is 44.7 Å². The van der Waals surface area contributed by atoms with Crippen LogP contribution in [0.4, 0.5) is 5.69 Å². The van der Waals surface area contributed by atoms with E-state index in [4.69, 9.17) is 28.3 Å². The minimum atomic E-state index is -0.0836. The van der Waals surface area contributed by atoms with E-state index in [-0.39, 0.29) is 11.9 Å². The molecule has 1 unspecified atom stereocenters. The highest BCUT2D eigenvalue weighted by Gasteiger charge is 2.33. The van der Waals surface area contributed by atoms with E-state index in [1.165, 1.54) is 37.7 Å². The van der Waals surface area contributed by atoms with Gasteiger partial charge in [0.15, 0.2) is 0 Å². The molecule has 2 aromatic rings. The minimum Gasteiger partial charge on any atom is -0.351 e. The van der Waals surface area contributed by atoms with Gasteiger partial charge in [0.05, 0.1) is 16.8 Å². The number of amides is 1. The third-order valence-electron chi connectivity index (χ3n) is 6.07. The fourth-order valence-electron chi connectivity index (χ4n) is 4.32. The Balaban J connectivity index is 0.00000141. The van der Waals surface area contributed by atoms with Crippen LogP contribution < -0.4 is 10.3 Å². The molecule has 0 spiro atoms. The van der Waals surface area contributed by atoms with Crippen LogP contribution in [0.3, 0.4) is 0 Å². The fourth-order valence-corrected chi connectivity index (χ4v) is 4.81. The maximum Gasteiger partial charge on any atom is 0.267 e. The van der Waals surface area contributed by atoms with Gasteiger partial charge < -0.3 is 5.32 Å². The monoisotopic (exact) mass is 473 g/mol. The molecule has 1 saturated carbocycles. The third-order valence-corrected chi connectivity index (χ3v) is 6.61. The third kappa shape index (κ3) is 6.05. The molecule has 1 aliphatic heterocycles. The lowest BCUT2D eigenvalue weighted by Crippen LogP contribution is -2.34. The second kappa shape index (κ2) is 11.7. The predicted molar refractivity (Wildman–Crippen MR) is 136 cm³/mol. The van der Waals surface area contributed by atoms with Crippen molar-refractivity contribution in [2.24, 2.45) is 11.0 Å². The molecular formula is C26H33Cl2N3O. The molecule has 1 aliphatic carbocycles. The first kappa shape index (κ1) is 24.6. The standard InChI is InChI=1S/C24H27Cl2N3O.C2H6/c1-16-7-9-18(10-8-16)23-14-21(24(30)27-15-17-5-3-2-4-6-17)28-29(23)22-12-11-19(25)13-20(22)26;1-2/h7-13,17,23H,2-6,14-15H2,1H3,(H,27,30);1-2H3. The van der Waals surface area contributed by atoms with Crippen molar-refractivity contribution in [3.63, 3.8) is 0 Å². The first-order valence-corrected chi connectivity index (χ1v) is 12.4.